The molecule has 0 heterocycles. The summed E-state index contributed by atoms with van der Waals surface area (Å²) in [6, 6.07) is 0.518. The Hall–Kier alpha value is -0.0900. The first-order chi connectivity index (χ1) is 8.75. The average molecular weight is 287 g/mol. The van der Waals surface area contributed by atoms with Gasteiger partial charge in [0.05, 0.1) is 5.25 Å². The molecule has 2 aliphatic carbocycles. The van der Waals surface area contributed by atoms with E-state index in [0.717, 1.165) is 31.7 Å². The number of sulfone groups is 1. The van der Waals surface area contributed by atoms with Crippen LogP contribution in [-0.4, -0.2) is 32.5 Å². The van der Waals surface area contributed by atoms with E-state index in [2.05, 4.69) is 26.1 Å². The zero-order valence-electron chi connectivity index (χ0n) is 12.8. The third kappa shape index (κ3) is 3.52. The molecule has 2 saturated carbocycles. The van der Waals surface area contributed by atoms with Gasteiger partial charge in [-0.2, -0.15) is 0 Å². The molecule has 0 aromatic rings. The molecule has 0 saturated heterocycles. The van der Waals surface area contributed by atoms with Crippen LogP contribution in [0.3, 0.4) is 0 Å². The summed E-state index contributed by atoms with van der Waals surface area (Å²) in [6.07, 6.45) is 6.67. The van der Waals surface area contributed by atoms with Crippen molar-refractivity contribution in [3.05, 3.63) is 0 Å². The molecule has 1 N–H and O–H groups in total. The maximum atomic E-state index is 11.8. The molecule has 4 unspecified atom stereocenters. The second-order valence-corrected chi connectivity index (χ2v) is 9.59. The van der Waals surface area contributed by atoms with Crippen LogP contribution in [0.4, 0.5) is 0 Å². The molecular formula is C15H29NO2S. The maximum Gasteiger partial charge on any atom is 0.150 e. The van der Waals surface area contributed by atoms with Crippen LogP contribution < -0.4 is 5.32 Å². The van der Waals surface area contributed by atoms with Crippen molar-refractivity contribution < 1.29 is 8.42 Å². The topological polar surface area (TPSA) is 46.2 Å². The van der Waals surface area contributed by atoms with E-state index in [9.17, 15) is 8.42 Å². The fraction of sp³-hybridized carbons (Fsp3) is 1.00. The normalized spacial score (nSPS) is 35.9. The molecule has 2 aliphatic rings. The molecule has 2 rings (SSSR count). The molecule has 19 heavy (non-hydrogen) atoms. The molecule has 0 spiro atoms. The lowest BCUT2D eigenvalue weighted by molar-refractivity contribution is 0.236. The van der Waals surface area contributed by atoms with Crippen molar-refractivity contribution in [2.24, 2.45) is 17.3 Å². The van der Waals surface area contributed by atoms with Gasteiger partial charge in [-0.15, -0.1) is 0 Å². The van der Waals surface area contributed by atoms with Gasteiger partial charge in [-0.3, -0.25) is 0 Å². The second-order valence-electron chi connectivity index (χ2n) is 7.26. The molecule has 3 nitrogen and oxygen atoms in total. The van der Waals surface area contributed by atoms with Crippen LogP contribution in [0.2, 0.25) is 0 Å². The van der Waals surface area contributed by atoms with E-state index < -0.39 is 9.84 Å². The summed E-state index contributed by atoms with van der Waals surface area (Å²) in [5.41, 5.74) is 0.449. The Morgan fingerprint density at radius 2 is 1.95 bits per heavy atom. The first-order valence-corrected chi connectivity index (χ1v) is 9.63. The van der Waals surface area contributed by atoms with E-state index in [0.29, 0.717) is 17.4 Å². The molecule has 4 heteroatoms. The Morgan fingerprint density at radius 1 is 1.32 bits per heavy atom. The van der Waals surface area contributed by atoms with Crippen LogP contribution in [0.15, 0.2) is 0 Å². The zero-order valence-corrected chi connectivity index (χ0v) is 13.6. The minimum absolute atomic E-state index is 0.103. The molecule has 0 amide bonds. The fourth-order valence-electron chi connectivity index (χ4n) is 3.89. The van der Waals surface area contributed by atoms with Crippen molar-refractivity contribution in [1.82, 2.24) is 5.32 Å². The number of hydrogen-bond donors (Lipinski definition) is 1. The van der Waals surface area contributed by atoms with Gasteiger partial charge in [0.25, 0.3) is 0 Å². The molecule has 4 atom stereocenters. The van der Waals surface area contributed by atoms with E-state index in [1.54, 1.807) is 0 Å². The van der Waals surface area contributed by atoms with Crippen LogP contribution in [0, 0.1) is 17.3 Å². The van der Waals surface area contributed by atoms with Crippen LogP contribution >= 0.6 is 0 Å². The molecule has 2 fully saturated rings. The number of hydrogen-bond acceptors (Lipinski definition) is 3. The highest BCUT2D eigenvalue weighted by molar-refractivity contribution is 7.91. The quantitative estimate of drug-likeness (QED) is 0.845. The third-order valence-corrected chi connectivity index (χ3v) is 6.88. The van der Waals surface area contributed by atoms with Gasteiger partial charge in [-0.05, 0) is 49.5 Å². The van der Waals surface area contributed by atoms with Gasteiger partial charge in [0, 0.05) is 12.3 Å². The van der Waals surface area contributed by atoms with E-state index in [4.69, 9.17) is 0 Å². The van der Waals surface area contributed by atoms with Crippen LogP contribution in [0.1, 0.15) is 52.9 Å². The van der Waals surface area contributed by atoms with Crippen molar-refractivity contribution in [3.63, 3.8) is 0 Å². The fourth-order valence-corrected chi connectivity index (χ4v) is 5.08. The van der Waals surface area contributed by atoms with Gasteiger partial charge in [-0.1, -0.05) is 27.2 Å². The monoisotopic (exact) mass is 287 g/mol. The highest BCUT2D eigenvalue weighted by atomic mass is 32.2. The van der Waals surface area contributed by atoms with E-state index in [-0.39, 0.29) is 5.25 Å². The van der Waals surface area contributed by atoms with Gasteiger partial charge in [-0.25, -0.2) is 8.42 Å². The van der Waals surface area contributed by atoms with Gasteiger partial charge in [0.1, 0.15) is 9.84 Å². The molecule has 112 valence electrons. The highest BCUT2D eigenvalue weighted by Crippen LogP contribution is 2.56. The Balaban J connectivity index is 2.05. The Bertz CT molecular complexity index is 416. The predicted molar refractivity (Wildman–Crippen MR) is 79.9 cm³/mol. The standard InChI is InChI=1S/C15H29NO2S/c1-5-16-14(13-10-15(13,2)3)11-7-6-8-12(9-11)19(4,17)18/h11-14,16H,5-10H2,1-4H3. The summed E-state index contributed by atoms with van der Waals surface area (Å²) in [5, 5.41) is 3.54. The summed E-state index contributed by atoms with van der Waals surface area (Å²) in [5.74, 6) is 1.27. The molecule has 0 aromatic carbocycles. The van der Waals surface area contributed by atoms with Crippen molar-refractivity contribution in [3.8, 4) is 0 Å². The van der Waals surface area contributed by atoms with Crippen LogP contribution in [-0.2, 0) is 9.84 Å². The molecule has 0 radical (unpaired) electrons. The minimum Gasteiger partial charge on any atom is -0.314 e. The van der Waals surface area contributed by atoms with E-state index in [1.807, 2.05) is 0 Å². The second kappa shape index (κ2) is 5.36. The molecule has 0 aromatic heterocycles. The van der Waals surface area contributed by atoms with Gasteiger partial charge in [0.15, 0.2) is 0 Å². The van der Waals surface area contributed by atoms with Gasteiger partial charge < -0.3 is 5.32 Å². The lowest BCUT2D eigenvalue weighted by Crippen LogP contribution is -2.43. The summed E-state index contributed by atoms with van der Waals surface area (Å²) in [4.78, 5) is 0. The lowest BCUT2D eigenvalue weighted by Gasteiger charge is -2.35. The smallest absolute Gasteiger partial charge is 0.150 e. The van der Waals surface area contributed by atoms with E-state index in [1.165, 1.54) is 19.1 Å². The van der Waals surface area contributed by atoms with Crippen LogP contribution in [0.5, 0.6) is 0 Å². The maximum absolute atomic E-state index is 11.8. The summed E-state index contributed by atoms with van der Waals surface area (Å²) >= 11 is 0. The Morgan fingerprint density at radius 3 is 2.42 bits per heavy atom. The Labute approximate surface area is 118 Å². The first kappa shape index (κ1) is 15.3. The van der Waals surface area contributed by atoms with Crippen molar-refractivity contribution >= 4 is 9.84 Å². The molecular weight excluding hydrogens is 258 g/mol. The lowest BCUT2D eigenvalue weighted by atomic mass is 9.80. The van der Waals surface area contributed by atoms with Crippen LogP contribution in [0.25, 0.3) is 0 Å². The highest BCUT2D eigenvalue weighted by Gasteiger charge is 2.52. The summed E-state index contributed by atoms with van der Waals surface area (Å²) in [7, 11) is -2.87. The number of nitrogens with one attached hydrogen (secondary N) is 1. The summed E-state index contributed by atoms with van der Waals surface area (Å²) < 4.78 is 23.6. The first-order valence-electron chi connectivity index (χ1n) is 7.68. The molecule has 0 bridgehead atoms. The third-order valence-electron chi connectivity index (χ3n) is 5.24. The minimum atomic E-state index is -2.87. The van der Waals surface area contributed by atoms with Gasteiger partial charge in [0.2, 0.25) is 0 Å². The zero-order chi connectivity index (χ0) is 14.3. The largest absolute Gasteiger partial charge is 0.314 e. The summed E-state index contributed by atoms with van der Waals surface area (Å²) in [6.45, 7) is 7.80. The van der Waals surface area contributed by atoms with Gasteiger partial charge >= 0.3 is 0 Å². The van der Waals surface area contributed by atoms with Crippen molar-refractivity contribution in [1.29, 1.82) is 0 Å². The van der Waals surface area contributed by atoms with Crippen molar-refractivity contribution in [2.45, 2.75) is 64.2 Å². The average Bonchev–Trinajstić information content (AvgIpc) is 2.94. The Kier molecular flexibility index (Phi) is 4.32. The molecule has 0 aliphatic heterocycles. The van der Waals surface area contributed by atoms with Crippen molar-refractivity contribution in [2.75, 3.05) is 12.8 Å². The SMILES string of the molecule is CCNC(C1CCCC(S(C)(=O)=O)C1)C1CC1(C)C. The predicted octanol–water partition coefficient (Wildman–Crippen LogP) is 2.61. The number of rotatable bonds is 5. The van der Waals surface area contributed by atoms with E-state index >= 15 is 0 Å².